The summed E-state index contributed by atoms with van der Waals surface area (Å²) in [7, 11) is 0. The largest absolute Gasteiger partial charge is 0.396 e. The van der Waals surface area contributed by atoms with E-state index in [1.165, 1.54) is 12.8 Å². The molecule has 1 amide bonds. The standard InChI is InChI=1S/C14H26N2O2/c17-11-12-4-3-5-13(10-12)15-14(18)6-9-16-7-1-2-8-16/h12-13,17H,1-11H2,(H,15,18). The lowest BCUT2D eigenvalue weighted by Gasteiger charge is -2.28. The van der Waals surface area contributed by atoms with E-state index in [2.05, 4.69) is 10.2 Å². The molecule has 0 aromatic rings. The third-order valence-electron chi connectivity index (χ3n) is 4.26. The molecule has 1 saturated heterocycles. The van der Waals surface area contributed by atoms with Gasteiger partial charge in [-0.2, -0.15) is 0 Å². The third-order valence-corrected chi connectivity index (χ3v) is 4.26. The number of aliphatic hydroxyl groups is 1. The molecule has 2 aliphatic rings. The quantitative estimate of drug-likeness (QED) is 0.773. The van der Waals surface area contributed by atoms with E-state index in [-0.39, 0.29) is 12.5 Å². The van der Waals surface area contributed by atoms with Crippen molar-refractivity contribution in [1.29, 1.82) is 0 Å². The van der Waals surface area contributed by atoms with Crippen LogP contribution >= 0.6 is 0 Å². The zero-order valence-electron chi connectivity index (χ0n) is 11.2. The minimum absolute atomic E-state index is 0.186. The van der Waals surface area contributed by atoms with Crippen molar-refractivity contribution >= 4 is 5.91 Å². The Balaban J connectivity index is 1.63. The Bertz CT molecular complexity index is 265. The van der Waals surface area contributed by atoms with E-state index < -0.39 is 0 Å². The van der Waals surface area contributed by atoms with Crippen molar-refractivity contribution in [1.82, 2.24) is 10.2 Å². The fraction of sp³-hybridized carbons (Fsp3) is 0.929. The Morgan fingerprint density at radius 1 is 1.22 bits per heavy atom. The van der Waals surface area contributed by atoms with E-state index in [4.69, 9.17) is 0 Å². The summed E-state index contributed by atoms with van der Waals surface area (Å²) in [6, 6.07) is 0.293. The number of aliphatic hydroxyl groups excluding tert-OH is 1. The lowest BCUT2D eigenvalue weighted by atomic mass is 9.86. The highest BCUT2D eigenvalue weighted by Crippen LogP contribution is 2.23. The van der Waals surface area contributed by atoms with Crippen molar-refractivity contribution in [2.45, 2.75) is 51.0 Å². The van der Waals surface area contributed by atoms with Crippen LogP contribution in [0.4, 0.5) is 0 Å². The molecule has 0 bridgehead atoms. The number of rotatable bonds is 5. The molecule has 4 heteroatoms. The highest BCUT2D eigenvalue weighted by Gasteiger charge is 2.22. The molecule has 1 aliphatic carbocycles. The number of carbonyl (C=O) groups is 1. The van der Waals surface area contributed by atoms with E-state index in [1.807, 2.05) is 0 Å². The van der Waals surface area contributed by atoms with Crippen molar-refractivity contribution in [3.63, 3.8) is 0 Å². The highest BCUT2D eigenvalue weighted by molar-refractivity contribution is 5.76. The molecule has 2 N–H and O–H groups in total. The van der Waals surface area contributed by atoms with Crippen LogP contribution < -0.4 is 5.32 Å². The first-order chi connectivity index (χ1) is 8.78. The van der Waals surface area contributed by atoms with Gasteiger partial charge in [0.25, 0.3) is 0 Å². The molecule has 2 fully saturated rings. The average Bonchev–Trinajstić information content (AvgIpc) is 2.90. The van der Waals surface area contributed by atoms with E-state index in [0.29, 0.717) is 18.4 Å². The Kier molecular flexibility index (Phi) is 5.45. The van der Waals surface area contributed by atoms with Crippen LogP contribution in [0.25, 0.3) is 0 Å². The van der Waals surface area contributed by atoms with Crippen molar-refractivity contribution < 1.29 is 9.90 Å². The number of carbonyl (C=O) groups excluding carboxylic acids is 1. The second-order valence-electron chi connectivity index (χ2n) is 5.78. The van der Waals surface area contributed by atoms with E-state index in [9.17, 15) is 9.90 Å². The summed E-state index contributed by atoms with van der Waals surface area (Å²) >= 11 is 0. The zero-order valence-corrected chi connectivity index (χ0v) is 11.2. The van der Waals surface area contributed by atoms with Gasteiger partial charge in [-0.15, -0.1) is 0 Å². The number of likely N-dealkylation sites (tertiary alicyclic amines) is 1. The number of nitrogens with zero attached hydrogens (tertiary/aromatic N) is 1. The van der Waals surface area contributed by atoms with Gasteiger partial charge >= 0.3 is 0 Å². The van der Waals surface area contributed by atoms with Crippen LogP contribution in [-0.4, -0.2) is 48.2 Å². The van der Waals surface area contributed by atoms with Gasteiger partial charge in [-0.1, -0.05) is 6.42 Å². The molecule has 0 aromatic carbocycles. The summed E-state index contributed by atoms with van der Waals surface area (Å²) in [5, 5.41) is 12.3. The van der Waals surface area contributed by atoms with E-state index in [1.54, 1.807) is 0 Å². The molecule has 1 aliphatic heterocycles. The van der Waals surface area contributed by atoms with Crippen molar-refractivity contribution in [2.24, 2.45) is 5.92 Å². The van der Waals surface area contributed by atoms with Crippen LogP contribution in [0.15, 0.2) is 0 Å². The van der Waals surface area contributed by atoms with Crippen molar-refractivity contribution in [3.05, 3.63) is 0 Å². The first-order valence-corrected chi connectivity index (χ1v) is 7.40. The van der Waals surface area contributed by atoms with Gasteiger partial charge in [0.1, 0.15) is 0 Å². The van der Waals surface area contributed by atoms with Gasteiger partial charge in [0.15, 0.2) is 0 Å². The van der Waals surface area contributed by atoms with Crippen LogP contribution in [0.2, 0.25) is 0 Å². The first kappa shape index (κ1) is 13.8. The maximum atomic E-state index is 11.9. The van der Waals surface area contributed by atoms with Crippen LogP contribution in [0, 0.1) is 5.92 Å². The van der Waals surface area contributed by atoms with E-state index in [0.717, 1.165) is 45.3 Å². The van der Waals surface area contributed by atoms with Gasteiger partial charge in [0.2, 0.25) is 5.91 Å². The van der Waals surface area contributed by atoms with Crippen LogP contribution in [0.5, 0.6) is 0 Å². The van der Waals surface area contributed by atoms with Gasteiger partial charge in [-0.05, 0) is 51.1 Å². The molecule has 4 nitrogen and oxygen atoms in total. The van der Waals surface area contributed by atoms with Crippen molar-refractivity contribution in [3.8, 4) is 0 Å². The zero-order chi connectivity index (χ0) is 12.8. The number of hydrogen-bond acceptors (Lipinski definition) is 3. The fourth-order valence-electron chi connectivity index (χ4n) is 3.15. The molecular weight excluding hydrogens is 228 g/mol. The summed E-state index contributed by atoms with van der Waals surface area (Å²) in [6.07, 6.45) is 7.45. The number of amides is 1. The summed E-state index contributed by atoms with van der Waals surface area (Å²) in [4.78, 5) is 14.2. The maximum absolute atomic E-state index is 11.9. The normalized spacial score (nSPS) is 29.4. The van der Waals surface area contributed by atoms with Crippen LogP contribution in [-0.2, 0) is 4.79 Å². The molecule has 2 atom stereocenters. The topological polar surface area (TPSA) is 52.6 Å². The second-order valence-corrected chi connectivity index (χ2v) is 5.78. The lowest BCUT2D eigenvalue weighted by Crippen LogP contribution is -2.40. The smallest absolute Gasteiger partial charge is 0.221 e. The lowest BCUT2D eigenvalue weighted by molar-refractivity contribution is -0.122. The van der Waals surface area contributed by atoms with Gasteiger partial charge in [-0.25, -0.2) is 0 Å². The molecule has 0 spiro atoms. The summed E-state index contributed by atoms with van der Waals surface area (Å²) < 4.78 is 0. The van der Waals surface area contributed by atoms with Gasteiger partial charge in [0, 0.05) is 25.6 Å². The Hall–Kier alpha value is -0.610. The second kappa shape index (κ2) is 7.10. The fourth-order valence-corrected chi connectivity index (χ4v) is 3.15. The monoisotopic (exact) mass is 254 g/mol. The maximum Gasteiger partial charge on any atom is 0.221 e. The molecular formula is C14H26N2O2. The summed E-state index contributed by atoms with van der Waals surface area (Å²) in [6.45, 7) is 3.48. The van der Waals surface area contributed by atoms with E-state index >= 15 is 0 Å². The highest BCUT2D eigenvalue weighted by atomic mass is 16.3. The Morgan fingerprint density at radius 2 is 2.00 bits per heavy atom. The molecule has 1 saturated carbocycles. The van der Waals surface area contributed by atoms with Gasteiger partial charge in [-0.3, -0.25) is 4.79 Å². The van der Waals surface area contributed by atoms with Gasteiger partial charge < -0.3 is 15.3 Å². The molecule has 0 aromatic heterocycles. The van der Waals surface area contributed by atoms with Gasteiger partial charge in [0.05, 0.1) is 0 Å². The Labute approximate surface area is 110 Å². The van der Waals surface area contributed by atoms with Crippen LogP contribution in [0.1, 0.15) is 44.9 Å². The third kappa shape index (κ3) is 4.25. The number of hydrogen-bond donors (Lipinski definition) is 2. The predicted octanol–water partition coefficient (Wildman–Crippen LogP) is 1.14. The molecule has 2 rings (SSSR count). The molecule has 104 valence electrons. The minimum atomic E-state index is 0.186. The Morgan fingerprint density at radius 3 is 2.72 bits per heavy atom. The minimum Gasteiger partial charge on any atom is -0.396 e. The van der Waals surface area contributed by atoms with Crippen molar-refractivity contribution in [2.75, 3.05) is 26.2 Å². The predicted molar refractivity (Wildman–Crippen MR) is 71.3 cm³/mol. The first-order valence-electron chi connectivity index (χ1n) is 7.40. The number of nitrogens with one attached hydrogen (secondary N) is 1. The molecule has 18 heavy (non-hydrogen) atoms. The summed E-state index contributed by atoms with van der Waals surface area (Å²) in [5.74, 6) is 0.577. The molecule has 2 unspecified atom stereocenters. The average molecular weight is 254 g/mol. The van der Waals surface area contributed by atoms with Crippen LogP contribution in [0.3, 0.4) is 0 Å². The molecule has 1 heterocycles. The SMILES string of the molecule is O=C(CCN1CCCC1)NC1CCCC(CO)C1. The molecule has 0 radical (unpaired) electrons. The summed E-state index contributed by atoms with van der Waals surface area (Å²) in [5.41, 5.74) is 0.